The number of carbonyl (C=O) groups excluding carboxylic acids is 1. The van der Waals surface area contributed by atoms with E-state index in [-0.39, 0.29) is 12.5 Å². The number of hydrogen-bond acceptors (Lipinski definition) is 5. The van der Waals surface area contributed by atoms with Gasteiger partial charge in [0.05, 0.1) is 21.7 Å². The second kappa shape index (κ2) is 7.17. The first-order chi connectivity index (χ1) is 11.9. The monoisotopic (exact) mass is 376 g/mol. The molecule has 3 rings (SSSR count). The summed E-state index contributed by atoms with van der Waals surface area (Å²) in [5.74, 6) is -0.228. The molecule has 1 aromatic heterocycles. The van der Waals surface area contributed by atoms with Crippen molar-refractivity contribution in [2.24, 2.45) is 5.41 Å². The van der Waals surface area contributed by atoms with E-state index in [0.717, 1.165) is 15.6 Å². The lowest BCUT2D eigenvalue weighted by Gasteiger charge is -2.21. The van der Waals surface area contributed by atoms with Crippen LogP contribution in [0, 0.1) is 12.3 Å². The summed E-state index contributed by atoms with van der Waals surface area (Å²) in [6.45, 7) is 4.41. The largest absolute Gasteiger partial charge is 0.481 e. The number of nitrogens with zero attached hydrogens (tertiary/aromatic N) is 2. The molecule has 25 heavy (non-hydrogen) atoms. The fourth-order valence-corrected chi connectivity index (χ4v) is 4.53. The molecule has 0 aliphatic carbocycles. The smallest absolute Gasteiger partial charge is 0.311 e. The minimum atomic E-state index is -0.851. The van der Waals surface area contributed by atoms with Gasteiger partial charge in [-0.25, -0.2) is 4.98 Å². The molecule has 7 heteroatoms. The molecule has 132 valence electrons. The molecule has 1 unspecified atom stereocenters. The topological polar surface area (TPSA) is 70.5 Å². The highest BCUT2D eigenvalue weighted by Crippen LogP contribution is 2.33. The molecule has 2 heterocycles. The summed E-state index contributed by atoms with van der Waals surface area (Å²) in [5, 5.41) is 12.4. The first-order valence-corrected chi connectivity index (χ1v) is 9.91. The minimum absolute atomic E-state index is 0.0949. The quantitative estimate of drug-likeness (QED) is 0.806. The van der Waals surface area contributed by atoms with Gasteiger partial charge in [-0.1, -0.05) is 12.1 Å². The Bertz CT molecular complexity index is 805. The molecule has 1 aliphatic rings. The lowest BCUT2D eigenvalue weighted by molar-refractivity contribution is -0.147. The third-order valence-corrected chi connectivity index (χ3v) is 6.37. The second-order valence-corrected chi connectivity index (χ2v) is 8.56. The van der Waals surface area contributed by atoms with E-state index >= 15 is 0 Å². The van der Waals surface area contributed by atoms with Gasteiger partial charge in [-0.15, -0.1) is 23.1 Å². The Morgan fingerprint density at radius 1 is 1.40 bits per heavy atom. The molecule has 5 nitrogen and oxygen atoms in total. The van der Waals surface area contributed by atoms with E-state index in [1.54, 1.807) is 34.9 Å². The highest BCUT2D eigenvalue weighted by atomic mass is 32.2. The number of carboxylic acid groups (broad SMARTS) is 1. The lowest BCUT2D eigenvalue weighted by Crippen LogP contribution is -2.35. The first-order valence-electron chi connectivity index (χ1n) is 8.04. The molecule has 0 spiro atoms. The Morgan fingerprint density at radius 2 is 2.16 bits per heavy atom. The number of thiazole rings is 1. The second-order valence-electron chi connectivity index (χ2n) is 6.49. The molecular formula is C18H20N2O3S2. The van der Waals surface area contributed by atoms with Crippen LogP contribution >= 0.6 is 23.1 Å². The SMILES string of the molecule is Cc1nc(CSc2ccccc2C(=O)N2CCC(C)(C(=O)O)C2)cs1. The van der Waals surface area contributed by atoms with E-state index in [2.05, 4.69) is 4.98 Å². The number of thioether (sulfide) groups is 1. The van der Waals surface area contributed by atoms with E-state index < -0.39 is 11.4 Å². The number of rotatable bonds is 5. The molecule has 1 aliphatic heterocycles. The van der Waals surface area contributed by atoms with Crippen molar-refractivity contribution < 1.29 is 14.7 Å². The van der Waals surface area contributed by atoms with Crippen LogP contribution in [-0.2, 0) is 10.5 Å². The van der Waals surface area contributed by atoms with E-state index in [4.69, 9.17) is 0 Å². The number of amides is 1. The van der Waals surface area contributed by atoms with Gasteiger partial charge in [0, 0.05) is 29.1 Å². The number of aryl methyl sites for hydroxylation is 1. The average Bonchev–Trinajstić information content (AvgIpc) is 3.19. The van der Waals surface area contributed by atoms with Gasteiger partial charge in [0.25, 0.3) is 5.91 Å². The number of carboxylic acids is 1. The third-order valence-electron chi connectivity index (χ3n) is 4.44. The number of likely N-dealkylation sites (tertiary alicyclic amines) is 1. The summed E-state index contributed by atoms with van der Waals surface area (Å²) in [6, 6.07) is 7.50. The number of aliphatic carboxylic acids is 1. The van der Waals surface area contributed by atoms with Gasteiger partial charge >= 0.3 is 5.97 Å². The Labute approximate surface area is 155 Å². The van der Waals surface area contributed by atoms with Gasteiger partial charge in [-0.2, -0.15) is 0 Å². The summed E-state index contributed by atoms with van der Waals surface area (Å²) >= 11 is 3.20. The fraction of sp³-hybridized carbons (Fsp3) is 0.389. The highest BCUT2D eigenvalue weighted by Gasteiger charge is 2.42. The summed E-state index contributed by atoms with van der Waals surface area (Å²) < 4.78 is 0. The third kappa shape index (κ3) is 3.88. The number of aromatic nitrogens is 1. The molecule has 1 aromatic carbocycles. The predicted molar refractivity (Wildman–Crippen MR) is 99.1 cm³/mol. The summed E-state index contributed by atoms with van der Waals surface area (Å²) in [5.41, 5.74) is 0.791. The van der Waals surface area contributed by atoms with Crippen molar-refractivity contribution in [3.05, 3.63) is 45.9 Å². The van der Waals surface area contributed by atoms with Gasteiger partial charge in [-0.05, 0) is 32.4 Å². The average molecular weight is 377 g/mol. The van der Waals surface area contributed by atoms with Crippen LogP contribution in [0.1, 0.15) is 34.4 Å². The highest BCUT2D eigenvalue weighted by molar-refractivity contribution is 7.98. The van der Waals surface area contributed by atoms with Crippen molar-refractivity contribution in [3.8, 4) is 0 Å². The first kappa shape index (κ1) is 17.9. The number of carbonyl (C=O) groups is 2. The van der Waals surface area contributed by atoms with E-state index in [9.17, 15) is 14.7 Å². The van der Waals surface area contributed by atoms with Crippen molar-refractivity contribution in [2.45, 2.75) is 30.9 Å². The molecule has 0 bridgehead atoms. The molecular weight excluding hydrogens is 356 g/mol. The van der Waals surface area contributed by atoms with E-state index in [1.165, 1.54) is 0 Å². The van der Waals surface area contributed by atoms with Crippen LogP contribution in [0.4, 0.5) is 0 Å². The van der Waals surface area contributed by atoms with Crippen molar-refractivity contribution in [1.82, 2.24) is 9.88 Å². The molecule has 1 saturated heterocycles. The summed E-state index contributed by atoms with van der Waals surface area (Å²) in [4.78, 5) is 31.3. The van der Waals surface area contributed by atoms with Crippen molar-refractivity contribution in [1.29, 1.82) is 0 Å². The number of hydrogen-bond donors (Lipinski definition) is 1. The zero-order valence-electron chi connectivity index (χ0n) is 14.2. The summed E-state index contributed by atoms with van der Waals surface area (Å²) in [6.07, 6.45) is 0.488. The standard InChI is InChI=1S/C18H20N2O3S2/c1-12-19-13(9-24-12)10-25-15-6-4-3-5-14(15)16(21)20-8-7-18(2,11-20)17(22)23/h3-6,9H,7-8,10-11H2,1-2H3,(H,22,23). The van der Waals surface area contributed by atoms with Crippen LogP contribution < -0.4 is 0 Å². The predicted octanol–water partition coefficient (Wildman–Crippen LogP) is 3.68. The molecule has 1 fully saturated rings. The maximum absolute atomic E-state index is 12.9. The van der Waals surface area contributed by atoms with Crippen LogP contribution in [0.15, 0.2) is 34.5 Å². The Balaban J connectivity index is 1.74. The Kier molecular flexibility index (Phi) is 5.15. The van der Waals surface area contributed by atoms with Gasteiger partial charge in [0.2, 0.25) is 0 Å². The normalized spacial score (nSPS) is 20.0. The lowest BCUT2D eigenvalue weighted by atomic mass is 9.90. The van der Waals surface area contributed by atoms with Crippen LogP contribution in [0.3, 0.4) is 0 Å². The molecule has 1 amide bonds. The maximum atomic E-state index is 12.9. The van der Waals surface area contributed by atoms with E-state index in [1.807, 2.05) is 36.6 Å². The van der Waals surface area contributed by atoms with Gasteiger partial charge in [-0.3, -0.25) is 9.59 Å². The molecule has 0 saturated carbocycles. The number of benzene rings is 1. The van der Waals surface area contributed by atoms with Crippen molar-refractivity contribution in [3.63, 3.8) is 0 Å². The Hall–Kier alpha value is -1.86. The van der Waals surface area contributed by atoms with Crippen LogP contribution in [-0.4, -0.2) is 40.0 Å². The zero-order valence-corrected chi connectivity index (χ0v) is 15.8. The molecule has 2 aromatic rings. The Morgan fingerprint density at radius 3 is 2.80 bits per heavy atom. The minimum Gasteiger partial charge on any atom is -0.481 e. The van der Waals surface area contributed by atoms with Gasteiger partial charge in [0.1, 0.15) is 0 Å². The van der Waals surface area contributed by atoms with Crippen LogP contribution in [0.5, 0.6) is 0 Å². The van der Waals surface area contributed by atoms with Crippen molar-refractivity contribution >= 4 is 35.0 Å². The fourth-order valence-electron chi connectivity index (χ4n) is 2.87. The molecule has 1 atom stereocenters. The zero-order chi connectivity index (χ0) is 18.0. The van der Waals surface area contributed by atoms with Gasteiger partial charge in [0.15, 0.2) is 0 Å². The van der Waals surface area contributed by atoms with Crippen LogP contribution in [0.2, 0.25) is 0 Å². The van der Waals surface area contributed by atoms with E-state index in [0.29, 0.717) is 24.3 Å². The van der Waals surface area contributed by atoms with Crippen LogP contribution in [0.25, 0.3) is 0 Å². The van der Waals surface area contributed by atoms with Gasteiger partial charge < -0.3 is 10.0 Å². The molecule has 0 radical (unpaired) electrons. The van der Waals surface area contributed by atoms with Crippen molar-refractivity contribution in [2.75, 3.05) is 13.1 Å². The maximum Gasteiger partial charge on any atom is 0.311 e. The molecule has 1 N–H and O–H groups in total. The summed E-state index contributed by atoms with van der Waals surface area (Å²) in [7, 11) is 0.